The van der Waals surface area contributed by atoms with E-state index in [0.29, 0.717) is 0 Å². The molecule has 0 aliphatic rings. The molecule has 0 aromatic carbocycles. The van der Waals surface area contributed by atoms with Gasteiger partial charge in [0, 0.05) is 11.0 Å². The fourth-order valence-electron chi connectivity index (χ4n) is 0. The molecular weight excluding hydrogens is 167 g/mol. The third kappa shape index (κ3) is 852. The molecule has 0 spiro atoms. The van der Waals surface area contributed by atoms with Crippen LogP contribution in [0.4, 0.5) is 4.70 Å². The summed E-state index contributed by atoms with van der Waals surface area (Å²) >= 11 is 0. The number of rotatable bonds is 0. The molecular formula is H15FMgO6Si. The molecule has 0 aliphatic carbocycles. The predicted molar refractivity (Wildman–Crippen MR) is 38.5 cm³/mol. The summed E-state index contributed by atoms with van der Waals surface area (Å²) in [5, 5.41) is 0. The molecule has 0 aliphatic heterocycles. The first kappa shape index (κ1) is 1610. The minimum Gasteiger partial charge on any atom is -0.412 e. The van der Waals surface area contributed by atoms with Gasteiger partial charge in [-0.15, -0.1) is 0 Å². The van der Waals surface area contributed by atoms with Crippen molar-refractivity contribution in [3.8, 4) is 0 Å². The van der Waals surface area contributed by atoms with Crippen molar-refractivity contribution in [2.75, 3.05) is 0 Å². The van der Waals surface area contributed by atoms with Gasteiger partial charge in [0.1, 0.15) is 0 Å². The first-order chi connectivity index (χ1) is 0. The first-order valence-electron chi connectivity index (χ1n) is 0. The Bertz CT molecular complexity index is 13.0. The van der Waals surface area contributed by atoms with E-state index in [9.17, 15) is 0 Å². The van der Waals surface area contributed by atoms with Crippen LogP contribution < -0.4 is 0 Å². The number of hydrogen-bond acceptors (Lipinski definition) is 0. The average molecular weight is 183 g/mol. The Morgan fingerprint density at radius 1 is 0.444 bits per heavy atom. The summed E-state index contributed by atoms with van der Waals surface area (Å²) in [6.45, 7) is 0. The first-order valence-corrected chi connectivity index (χ1v) is 0. The highest BCUT2D eigenvalue weighted by atomic mass is 28.1. The summed E-state index contributed by atoms with van der Waals surface area (Å²) in [5.74, 6) is 0. The van der Waals surface area contributed by atoms with Crippen LogP contribution in [0.5, 0.6) is 0 Å². The Labute approximate surface area is 72.0 Å². The van der Waals surface area contributed by atoms with Crippen LogP contribution in [0.25, 0.3) is 0 Å². The highest BCUT2D eigenvalue weighted by Crippen LogP contribution is 0.420. The maximum atomic E-state index is 0. The van der Waals surface area contributed by atoms with E-state index >= 15 is 0 Å². The maximum Gasteiger partial charge on any atom is 0.316 e. The molecule has 64 valence electrons. The second kappa shape index (κ2) is 1130. The molecule has 9 heteroatoms. The van der Waals surface area contributed by atoms with Gasteiger partial charge in [-0.1, -0.05) is 0 Å². The van der Waals surface area contributed by atoms with Gasteiger partial charge < -0.3 is 32.9 Å². The Morgan fingerprint density at radius 2 is 0.444 bits per heavy atom. The summed E-state index contributed by atoms with van der Waals surface area (Å²) in [6.07, 6.45) is 0. The van der Waals surface area contributed by atoms with Gasteiger partial charge in [-0.3, -0.25) is 4.70 Å². The van der Waals surface area contributed by atoms with E-state index in [1.807, 2.05) is 0 Å². The topological polar surface area (TPSA) is 189 Å². The van der Waals surface area contributed by atoms with Crippen molar-refractivity contribution in [2.24, 2.45) is 0 Å². The highest BCUT2D eigenvalue weighted by Gasteiger charge is 0.316. The molecule has 0 rings (SSSR count). The van der Waals surface area contributed by atoms with E-state index in [-0.39, 0.29) is 71.6 Å². The minimum atomic E-state index is 0. The largest absolute Gasteiger partial charge is 0.412 e. The molecule has 0 atom stereocenters. The van der Waals surface area contributed by atoms with Gasteiger partial charge >= 0.3 is 23.1 Å². The van der Waals surface area contributed by atoms with E-state index < -0.39 is 0 Å². The second-order valence-corrected chi connectivity index (χ2v) is 0. The molecule has 12 N–H and O–H groups in total. The van der Waals surface area contributed by atoms with Crippen molar-refractivity contribution < 1.29 is 37.6 Å². The molecule has 0 aromatic rings. The molecule has 0 bridgehead atoms. The predicted octanol–water partition coefficient (Wildman–Crippen LogP) is -6.09. The lowest BCUT2D eigenvalue weighted by atomic mass is 16.0. The minimum absolute atomic E-state index is 0. The highest BCUT2D eigenvalue weighted by molar-refractivity contribution is 5.76. The van der Waals surface area contributed by atoms with Crippen molar-refractivity contribution in [1.29, 1.82) is 0 Å². The molecule has 0 heterocycles. The Kier molecular flexibility index (Phi) is 201000. The zero-order chi connectivity index (χ0) is 0. The van der Waals surface area contributed by atoms with Gasteiger partial charge in [0.25, 0.3) is 0 Å². The van der Waals surface area contributed by atoms with E-state index in [0.717, 1.165) is 0 Å². The smallest absolute Gasteiger partial charge is 0.316 e. The van der Waals surface area contributed by atoms with Crippen LogP contribution in [-0.4, -0.2) is 66.9 Å². The fourth-order valence-corrected chi connectivity index (χ4v) is 0. The average Bonchev–Trinajstić information content (AvgIpc) is 0. The van der Waals surface area contributed by atoms with Gasteiger partial charge in [-0.2, -0.15) is 0 Å². The van der Waals surface area contributed by atoms with Crippen LogP contribution in [0, 0.1) is 0 Å². The van der Waals surface area contributed by atoms with Crippen molar-refractivity contribution in [2.45, 2.75) is 0 Å². The van der Waals surface area contributed by atoms with Crippen LogP contribution in [0.1, 0.15) is 0 Å². The standard InChI is InChI=1S/FH.Mg.6H2O.Si.2H/h1H;;6*1H2;;;. The second-order valence-electron chi connectivity index (χ2n) is 0. The third-order valence-electron chi connectivity index (χ3n) is 0. The molecule has 0 amide bonds. The lowest BCUT2D eigenvalue weighted by Crippen LogP contribution is -0.382. The maximum absolute atomic E-state index is 0. The van der Waals surface area contributed by atoms with E-state index in [4.69, 9.17) is 0 Å². The van der Waals surface area contributed by atoms with Gasteiger partial charge in [-0.05, 0) is 0 Å². The van der Waals surface area contributed by atoms with Crippen molar-refractivity contribution in [1.82, 2.24) is 0 Å². The molecule has 4 radical (unpaired) electrons. The van der Waals surface area contributed by atoms with E-state index in [1.54, 1.807) is 0 Å². The van der Waals surface area contributed by atoms with Crippen molar-refractivity contribution in [3.05, 3.63) is 0 Å². The molecule has 0 aromatic heterocycles. The lowest BCUT2D eigenvalue weighted by Gasteiger charge is -0.413. The van der Waals surface area contributed by atoms with Gasteiger partial charge in [0.2, 0.25) is 0 Å². The Balaban J connectivity index is 0. The summed E-state index contributed by atoms with van der Waals surface area (Å²) in [5.41, 5.74) is 0. The molecule has 0 saturated carbocycles. The SMILES string of the molecule is F.O.O.O.O.O.O.[MgH2].[Si]. The van der Waals surface area contributed by atoms with Crippen LogP contribution in [0.15, 0.2) is 0 Å². The Hall–Kier alpha value is 0.673. The normalized spacial score (nSPS) is 0. The molecule has 0 unspecified atom stereocenters. The van der Waals surface area contributed by atoms with Gasteiger partial charge in [0.05, 0.1) is 0 Å². The number of hydrogen-bond donors (Lipinski definition) is 0. The lowest BCUT2D eigenvalue weighted by molar-refractivity contribution is 0.823. The van der Waals surface area contributed by atoms with Crippen molar-refractivity contribution in [3.63, 3.8) is 0 Å². The van der Waals surface area contributed by atoms with E-state index in [1.165, 1.54) is 0 Å². The number of halogens is 1. The van der Waals surface area contributed by atoms with Crippen LogP contribution in [0.2, 0.25) is 0 Å². The van der Waals surface area contributed by atoms with Crippen LogP contribution >= 0.6 is 0 Å². The van der Waals surface area contributed by atoms with Gasteiger partial charge in [-0.25, -0.2) is 0 Å². The monoisotopic (exact) mass is 182 g/mol. The van der Waals surface area contributed by atoms with E-state index in [2.05, 4.69) is 0 Å². The van der Waals surface area contributed by atoms with Crippen LogP contribution in [0.3, 0.4) is 0 Å². The zero-order valence-electron chi connectivity index (χ0n) is 3.91. The Morgan fingerprint density at radius 3 is 0.444 bits per heavy atom. The fraction of sp³-hybridized carbons (Fsp3) is 0. The summed E-state index contributed by atoms with van der Waals surface area (Å²) in [4.78, 5) is 0. The zero-order valence-corrected chi connectivity index (χ0v) is 4.91. The summed E-state index contributed by atoms with van der Waals surface area (Å²) in [6, 6.07) is 0. The molecule has 0 saturated heterocycles. The molecule has 0 fully saturated rings. The third-order valence-corrected chi connectivity index (χ3v) is 0. The molecule has 6 nitrogen and oxygen atoms in total. The van der Waals surface area contributed by atoms with Crippen LogP contribution in [-0.2, 0) is 0 Å². The van der Waals surface area contributed by atoms with Crippen molar-refractivity contribution >= 4 is 34.0 Å². The summed E-state index contributed by atoms with van der Waals surface area (Å²) in [7, 11) is 0. The summed E-state index contributed by atoms with van der Waals surface area (Å²) < 4.78 is 0. The molecule has 9 heavy (non-hydrogen) atoms. The quantitative estimate of drug-likeness (QED) is 0.322. The van der Waals surface area contributed by atoms with Gasteiger partial charge in [0.15, 0.2) is 0 Å².